The van der Waals surface area contributed by atoms with Gasteiger partial charge in [-0.05, 0) is 33.7 Å². The summed E-state index contributed by atoms with van der Waals surface area (Å²) in [5, 5.41) is 9.13. The van der Waals surface area contributed by atoms with Crippen molar-refractivity contribution in [3.63, 3.8) is 0 Å². The monoisotopic (exact) mass is 240 g/mol. The highest BCUT2D eigenvalue weighted by Crippen LogP contribution is 2.47. The molecule has 1 aliphatic carbocycles. The second-order valence-electron chi connectivity index (χ2n) is 5.85. The first-order chi connectivity index (χ1) is 7.79. The molecule has 0 aromatic rings. The molecular weight excluding hydrogens is 220 g/mol. The van der Waals surface area contributed by atoms with E-state index in [2.05, 4.69) is 18.7 Å². The Morgan fingerprint density at radius 1 is 1.18 bits per heavy atom. The molecule has 1 N–H and O–H groups in total. The molecule has 1 amide bonds. The SMILES string of the molecule is CN1CCN(C(=O)C2(C(=O)O)CC2)CC1(C)C. The molecule has 0 aromatic heterocycles. The molecule has 0 unspecified atom stereocenters. The molecule has 0 bridgehead atoms. The van der Waals surface area contributed by atoms with Crippen LogP contribution in [0.25, 0.3) is 0 Å². The Hall–Kier alpha value is -1.10. The van der Waals surface area contributed by atoms with Crippen LogP contribution in [0.3, 0.4) is 0 Å². The van der Waals surface area contributed by atoms with E-state index in [1.54, 1.807) is 4.90 Å². The molecule has 0 spiro atoms. The van der Waals surface area contributed by atoms with Gasteiger partial charge >= 0.3 is 5.97 Å². The average molecular weight is 240 g/mol. The Labute approximate surface area is 101 Å². The predicted octanol–water partition coefficient (Wildman–Crippen LogP) is 0.404. The quantitative estimate of drug-likeness (QED) is 0.710. The van der Waals surface area contributed by atoms with E-state index in [0.717, 1.165) is 6.54 Å². The number of likely N-dealkylation sites (N-methyl/N-ethyl adjacent to an activating group) is 1. The van der Waals surface area contributed by atoms with Gasteiger partial charge in [-0.15, -0.1) is 0 Å². The minimum atomic E-state index is -1.09. The van der Waals surface area contributed by atoms with Gasteiger partial charge in [0.05, 0.1) is 0 Å². The Balaban J connectivity index is 2.10. The number of carbonyl (C=O) groups is 2. The van der Waals surface area contributed by atoms with Crippen LogP contribution in [-0.2, 0) is 9.59 Å². The van der Waals surface area contributed by atoms with Crippen LogP contribution in [0, 0.1) is 5.41 Å². The number of hydrogen-bond acceptors (Lipinski definition) is 3. The molecule has 5 heteroatoms. The zero-order valence-electron chi connectivity index (χ0n) is 10.7. The average Bonchev–Trinajstić information content (AvgIpc) is 3.02. The smallest absolute Gasteiger partial charge is 0.319 e. The van der Waals surface area contributed by atoms with Gasteiger partial charge in [-0.2, -0.15) is 0 Å². The maximum atomic E-state index is 12.2. The molecule has 2 rings (SSSR count). The summed E-state index contributed by atoms with van der Waals surface area (Å²) in [5.74, 6) is -1.15. The number of rotatable bonds is 2. The van der Waals surface area contributed by atoms with E-state index in [0.29, 0.717) is 25.9 Å². The molecule has 1 saturated carbocycles. The predicted molar refractivity (Wildman–Crippen MR) is 62.6 cm³/mol. The summed E-state index contributed by atoms with van der Waals surface area (Å²) >= 11 is 0. The Morgan fingerprint density at radius 3 is 2.18 bits per heavy atom. The lowest BCUT2D eigenvalue weighted by Crippen LogP contribution is -2.60. The van der Waals surface area contributed by atoms with Crippen LogP contribution < -0.4 is 0 Å². The standard InChI is InChI=1S/C12H20N2O3/c1-11(2)8-14(7-6-13(11)3)9(15)12(4-5-12)10(16)17/h4-8H2,1-3H3,(H,16,17). The van der Waals surface area contributed by atoms with Crippen LogP contribution in [0.15, 0.2) is 0 Å². The normalized spacial score (nSPS) is 26.6. The first-order valence-electron chi connectivity index (χ1n) is 6.04. The Kier molecular flexibility index (Phi) is 2.69. The molecule has 0 aromatic carbocycles. The van der Waals surface area contributed by atoms with Gasteiger partial charge in [0.1, 0.15) is 5.41 Å². The summed E-state index contributed by atoms with van der Waals surface area (Å²) in [5.41, 5.74) is -1.17. The lowest BCUT2D eigenvalue weighted by atomic mass is 9.97. The van der Waals surface area contributed by atoms with Crippen LogP contribution >= 0.6 is 0 Å². The first-order valence-corrected chi connectivity index (χ1v) is 6.04. The molecule has 1 heterocycles. The first kappa shape index (κ1) is 12.4. The number of carboxylic acid groups (broad SMARTS) is 1. The zero-order chi connectivity index (χ0) is 12.8. The number of aliphatic carboxylic acids is 1. The summed E-state index contributed by atoms with van der Waals surface area (Å²) < 4.78 is 0. The third kappa shape index (κ3) is 1.92. The largest absolute Gasteiger partial charge is 0.480 e. The van der Waals surface area contributed by atoms with Crippen LogP contribution in [-0.4, -0.2) is 59.0 Å². The van der Waals surface area contributed by atoms with Crippen molar-refractivity contribution in [2.24, 2.45) is 5.41 Å². The molecule has 17 heavy (non-hydrogen) atoms. The van der Waals surface area contributed by atoms with E-state index in [9.17, 15) is 9.59 Å². The Morgan fingerprint density at radius 2 is 1.76 bits per heavy atom. The van der Waals surface area contributed by atoms with E-state index in [-0.39, 0.29) is 11.4 Å². The van der Waals surface area contributed by atoms with Gasteiger partial charge in [-0.1, -0.05) is 0 Å². The van der Waals surface area contributed by atoms with E-state index in [1.807, 2.05) is 7.05 Å². The molecule has 5 nitrogen and oxygen atoms in total. The lowest BCUT2D eigenvalue weighted by Gasteiger charge is -2.45. The summed E-state index contributed by atoms with van der Waals surface area (Å²) in [6, 6.07) is 0. The number of amides is 1. The summed E-state index contributed by atoms with van der Waals surface area (Å²) in [6.45, 7) is 6.19. The Bertz CT molecular complexity index is 361. The van der Waals surface area contributed by atoms with E-state index in [4.69, 9.17) is 5.11 Å². The topological polar surface area (TPSA) is 60.9 Å². The molecule has 0 radical (unpaired) electrons. The summed E-state index contributed by atoms with van der Waals surface area (Å²) in [6.07, 6.45) is 0.988. The number of nitrogens with zero attached hydrogens (tertiary/aromatic N) is 2. The fraction of sp³-hybridized carbons (Fsp3) is 0.833. The van der Waals surface area contributed by atoms with Gasteiger partial charge in [0.25, 0.3) is 0 Å². The van der Waals surface area contributed by atoms with Crippen LogP contribution in [0.5, 0.6) is 0 Å². The lowest BCUT2D eigenvalue weighted by molar-refractivity contribution is -0.155. The van der Waals surface area contributed by atoms with Gasteiger partial charge < -0.3 is 10.0 Å². The van der Waals surface area contributed by atoms with Crippen molar-refractivity contribution in [2.45, 2.75) is 32.2 Å². The zero-order valence-corrected chi connectivity index (χ0v) is 10.7. The molecule has 2 fully saturated rings. The van der Waals surface area contributed by atoms with Crippen molar-refractivity contribution in [3.05, 3.63) is 0 Å². The van der Waals surface area contributed by atoms with Crippen molar-refractivity contribution in [1.29, 1.82) is 0 Å². The van der Waals surface area contributed by atoms with Crippen LogP contribution in [0.4, 0.5) is 0 Å². The van der Waals surface area contributed by atoms with E-state index >= 15 is 0 Å². The van der Waals surface area contributed by atoms with Crippen LogP contribution in [0.1, 0.15) is 26.7 Å². The highest BCUT2D eigenvalue weighted by Gasteiger charge is 2.59. The van der Waals surface area contributed by atoms with Gasteiger partial charge in [0.15, 0.2) is 0 Å². The highest BCUT2D eigenvalue weighted by molar-refractivity contribution is 6.04. The molecule has 1 saturated heterocycles. The van der Waals surface area contributed by atoms with Crippen molar-refractivity contribution >= 4 is 11.9 Å². The number of carboxylic acids is 1. The van der Waals surface area contributed by atoms with Gasteiger partial charge in [0.2, 0.25) is 5.91 Å². The molecule has 1 aliphatic heterocycles. The minimum Gasteiger partial charge on any atom is -0.480 e. The number of hydrogen-bond donors (Lipinski definition) is 1. The fourth-order valence-corrected chi connectivity index (χ4v) is 2.36. The summed E-state index contributed by atoms with van der Waals surface area (Å²) in [4.78, 5) is 27.3. The second kappa shape index (κ2) is 3.70. The molecule has 96 valence electrons. The maximum absolute atomic E-state index is 12.2. The molecule has 2 aliphatic rings. The van der Waals surface area contributed by atoms with Gasteiger partial charge in [0, 0.05) is 25.2 Å². The van der Waals surface area contributed by atoms with E-state index in [1.165, 1.54) is 0 Å². The maximum Gasteiger partial charge on any atom is 0.319 e. The molecule has 0 atom stereocenters. The second-order valence-corrected chi connectivity index (χ2v) is 5.85. The van der Waals surface area contributed by atoms with Gasteiger partial charge in [-0.25, -0.2) is 0 Å². The van der Waals surface area contributed by atoms with Crippen molar-refractivity contribution < 1.29 is 14.7 Å². The number of carbonyl (C=O) groups excluding carboxylic acids is 1. The van der Waals surface area contributed by atoms with E-state index < -0.39 is 11.4 Å². The highest BCUT2D eigenvalue weighted by atomic mass is 16.4. The van der Waals surface area contributed by atoms with Crippen LogP contribution in [0.2, 0.25) is 0 Å². The minimum absolute atomic E-state index is 0.0809. The number of piperazine rings is 1. The van der Waals surface area contributed by atoms with Gasteiger partial charge in [-0.3, -0.25) is 14.5 Å². The third-order valence-electron chi connectivity index (χ3n) is 4.17. The van der Waals surface area contributed by atoms with Crippen molar-refractivity contribution in [2.75, 3.05) is 26.7 Å². The third-order valence-corrected chi connectivity index (χ3v) is 4.17. The molecular formula is C12H20N2O3. The summed E-state index contributed by atoms with van der Waals surface area (Å²) in [7, 11) is 2.03. The van der Waals surface area contributed by atoms with Crippen molar-refractivity contribution in [3.8, 4) is 0 Å². The fourth-order valence-electron chi connectivity index (χ4n) is 2.36. The van der Waals surface area contributed by atoms with Crippen molar-refractivity contribution in [1.82, 2.24) is 9.80 Å².